The molecule has 0 radical (unpaired) electrons. The topological polar surface area (TPSA) is 38.5 Å². The molecule has 17 heavy (non-hydrogen) atoms. The van der Waals surface area contributed by atoms with Crippen LogP contribution in [-0.4, -0.2) is 30.7 Å². The molecule has 2 aliphatic rings. The van der Waals surface area contributed by atoms with E-state index in [1.807, 2.05) is 6.07 Å². The van der Waals surface area contributed by atoms with E-state index in [4.69, 9.17) is 10.5 Å². The van der Waals surface area contributed by atoms with Crippen LogP contribution in [0.5, 0.6) is 0 Å². The van der Waals surface area contributed by atoms with Gasteiger partial charge in [-0.05, 0) is 42.5 Å². The summed E-state index contributed by atoms with van der Waals surface area (Å²) in [7, 11) is 0. The first kappa shape index (κ1) is 11.1. The molecule has 2 heterocycles. The number of benzene rings is 1. The lowest BCUT2D eigenvalue weighted by molar-refractivity contribution is 0.0125. The molecule has 0 aromatic heterocycles. The fraction of sp³-hybridized carbons (Fsp3) is 0.571. The second-order valence-electron chi connectivity index (χ2n) is 5.12. The van der Waals surface area contributed by atoms with Crippen LogP contribution >= 0.6 is 0 Å². The van der Waals surface area contributed by atoms with Crippen molar-refractivity contribution in [2.45, 2.75) is 31.8 Å². The van der Waals surface area contributed by atoms with E-state index in [2.05, 4.69) is 17.0 Å². The van der Waals surface area contributed by atoms with Crippen LogP contribution in [0, 0.1) is 0 Å². The summed E-state index contributed by atoms with van der Waals surface area (Å²) in [6, 6.07) is 6.93. The minimum Gasteiger partial charge on any atom is -0.399 e. The number of nitrogens with two attached hydrogens (primary N) is 1. The number of rotatable bonds is 1. The van der Waals surface area contributed by atoms with Crippen LogP contribution in [0.25, 0.3) is 0 Å². The van der Waals surface area contributed by atoms with Crippen LogP contribution in [-0.2, 0) is 17.7 Å². The van der Waals surface area contributed by atoms with Crippen LogP contribution in [0.4, 0.5) is 5.69 Å². The van der Waals surface area contributed by atoms with Gasteiger partial charge in [0.25, 0.3) is 0 Å². The van der Waals surface area contributed by atoms with Crippen molar-refractivity contribution in [3.63, 3.8) is 0 Å². The quantitative estimate of drug-likeness (QED) is 0.750. The normalized spacial score (nSPS) is 25.5. The van der Waals surface area contributed by atoms with Crippen molar-refractivity contribution in [1.29, 1.82) is 0 Å². The van der Waals surface area contributed by atoms with Crippen LogP contribution in [0.3, 0.4) is 0 Å². The first-order valence-corrected chi connectivity index (χ1v) is 6.52. The largest absolute Gasteiger partial charge is 0.399 e. The molecular formula is C14H20N2O. The van der Waals surface area contributed by atoms with Crippen molar-refractivity contribution in [2.75, 3.05) is 25.5 Å². The van der Waals surface area contributed by atoms with Crippen molar-refractivity contribution in [1.82, 2.24) is 4.90 Å². The zero-order valence-corrected chi connectivity index (χ0v) is 10.2. The fourth-order valence-electron chi connectivity index (χ4n) is 2.92. The maximum absolute atomic E-state index is 5.86. The summed E-state index contributed by atoms with van der Waals surface area (Å²) in [6.45, 7) is 4.03. The number of hydrogen-bond donors (Lipinski definition) is 1. The molecule has 1 aromatic carbocycles. The highest BCUT2D eigenvalue weighted by atomic mass is 16.5. The van der Waals surface area contributed by atoms with Gasteiger partial charge >= 0.3 is 0 Å². The van der Waals surface area contributed by atoms with E-state index in [1.165, 1.54) is 24.0 Å². The molecule has 1 saturated heterocycles. The zero-order valence-electron chi connectivity index (χ0n) is 10.2. The Morgan fingerprint density at radius 1 is 1.29 bits per heavy atom. The van der Waals surface area contributed by atoms with Crippen LogP contribution < -0.4 is 5.73 Å². The van der Waals surface area contributed by atoms with Crippen LogP contribution in [0.2, 0.25) is 0 Å². The molecule has 0 amide bonds. The van der Waals surface area contributed by atoms with E-state index < -0.39 is 0 Å². The maximum atomic E-state index is 5.86. The predicted molar refractivity (Wildman–Crippen MR) is 68.8 cm³/mol. The van der Waals surface area contributed by atoms with Gasteiger partial charge in [-0.25, -0.2) is 0 Å². The van der Waals surface area contributed by atoms with E-state index in [0.717, 1.165) is 38.4 Å². The number of anilines is 1. The Kier molecular flexibility index (Phi) is 3.04. The summed E-state index contributed by atoms with van der Waals surface area (Å²) in [5, 5.41) is 0. The zero-order chi connectivity index (χ0) is 11.7. The van der Waals surface area contributed by atoms with Gasteiger partial charge in [0.1, 0.15) is 0 Å². The number of ether oxygens (including phenoxy) is 1. The fourth-order valence-corrected chi connectivity index (χ4v) is 2.92. The summed E-state index contributed by atoms with van der Waals surface area (Å²) in [6.07, 6.45) is 3.62. The highest BCUT2D eigenvalue weighted by Gasteiger charge is 2.25. The van der Waals surface area contributed by atoms with Gasteiger partial charge in [0.2, 0.25) is 0 Å². The second-order valence-corrected chi connectivity index (χ2v) is 5.12. The van der Waals surface area contributed by atoms with Crippen molar-refractivity contribution in [2.24, 2.45) is 0 Å². The minimum absolute atomic E-state index is 0.610. The first-order chi connectivity index (χ1) is 8.33. The number of nitrogens with zero attached hydrogens (tertiary/aromatic N) is 1. The van der Waals surface area contributed by atoms with E-state index in [0.29, 0.717) is 6.04 Å². The molecule has 3 nitrogen and oxygen atoms in total. The Morgan fingerprint density at radius 2 is 2.24 bits per heavy atom. The van der Waals surface area contributed by atoms with Gasteiger partial charge in [-0.1, -0.05) is 6.07 Å². The van der Waals surface area contributed by atoms with Gasteiger partial charge in [0.15, 0.2) is 0 Å². The molecule has 0 saturated carbocycles. The average Bonchev–Trinajstić information content (AvgIpc) is 2.39. The maximum Gasteiger partial charge on any atom is 0.0621 e. The molecule has 0 aliphatic carbocycles. The molecule has 2 aliphatic heterocycles. The molecule has 1 aromatic rings. The van der Waals surface area contributed by atoms with Gasteiger partial charge in [-0.15, -0.1) is 0 Å². The Balaban J connectivity index is 1.75. The Hall–Kier alpha value is -1.06. The Morgan fingerprint density at radius 3 is 3.06 bits per heavy atom. The van der Waals surface area contributed by atoms with E-state index >= 15 is 0 Å². The standard InChI is InChI=1S/C14H20N2O/c15-13-4-3-11-5-6-16(9-12(11)8-13)14-2-1-7-17-10-14/h3-4,8,14H,1-2,5-7,9-10,15H2. The van der Waals surface area contributed by atoms with Crippen molar-refractivity contribution in [3.05, 3.63) is 29.3 Å². The predicted octanol–water partition coefficient (Wildman–Crippen LogP) is 1.81. The third-order valence-corrected chi connectivity index (χ3v) is 3.92. The smallest absolute Gasteiger partial charge is 0.0621 e. The molecule has 3 rings (SSSR count). The third-order valence-electron chi connectivity index (χ3n) is 3.92. The van der Waals surface area contributed by atoms with Crippen molar-refractivity contribution >= 4 is 5.69 Å². The molecule has 92 valence electrons. The lowest BCUT2D eigenvalue weighted by atomic mass is 9.96. The number of hydrogen-bond acceptors (Lipinski definition) is 3. The van der Waals surface area contributed by atoms with Crippen molar-refractivity contribution in [3.8, 4) is 0 Å². The number of fused-ring (bicyclic) bond motifs is 1. The van der Waals surface area contributed by atoms with Crippen LogP contribution in [0.1, 0.15) is 24.0 Å². The van der Waals surface area contributed by atoms with Gasteiger partial charge in [-0.3, -0.25) is 4.90 Å². The Bertz CT molecular complexity index is 399. The summed E-state index contributed by atoms with van der Waals surface area (Å²) in [4.78, 5) is 2.56. The van der Waals surface area contributed by atoms with Gasteiger partial charge in [0, 0.05) is 31.4 Å². The lowest BCUT2D eigenvalue weighted by Crippen LogP contribution is -2.43. The molecule has 1 unspecified atom stereocenters. The highest BCUT2D eigenvalue weighted by molar-refractivity contribution is 5.45. The Labute approximate surface area is 103 Å². The molecule has 2 N–H and O–H groups in total. The van der Waals surface area contributed by atoms with Gasteiger partial charge < -0.3 is 10.5 Å². The summed E-state index contributed by atoms with van der Waals surface area (Å²) >= 11 is 0. The van der Waals surface area contributed by atoms with Gasteiger partial charge in [-0.2, -0.15) is 0 Å². The summed E-state index contributed by atoms with van der Waals surface area (Å²) in [5.74, 6) is 0. The molecule has 1 fully saturated rings. The first-order valence-electron chi connectivity index (χ1n) is 6.52. The SMILES string of the molecule is Nc1ccc2c(c1)CN(C1CCCOC1)CC2. The summed E-state index contributed by atoms with van der Waals surface area (Å²) in [5.41, 5.74) is 9.61. The molecule has 1 atom stereocenters. The molecule has 0 spiro atoms. The third kappa shape index (κ3) is 2.31. The highest BCUT2D eigenvalue weighted by Crippen LogP contribution is 2.25. The number of nitrogen functional groups attached to an aromatic ring is 1. The second kappa shape index (κ2) is 4.67. The van der Waals surface area contributed by atoms with Crippen molar-refractivity contribution < 1.29 is 4.74 Å². The lowest BCUT2D eigenvalue weighted by Gasteiger charge is -2.37. The average molecular weight is 232 g/mol. The van der Waals surface area contributed by atoms with Gasteiger partial charge in [0.05, 0.1) is 6.61 Å². The minimum atomic E-state index is 0.610. The summed E-state index contributed by atoms with van der Waals surface area (Å²) < 4.78 is 5.58. The molecule has 0 bridgehead atoms. The molecular weight excluding hydrogens is 212 g/mol. The van der Waals surface area contributed by atoms with E-state index in [-0.39, 0.29) is 0 Å². The molecule has 3 heteroatoms. The monoisotopic (exact) mass is 232 g/mol. The van der Waals surface area contributed by atoms with E-state index in [9.17, 15) is 0 Å². The van der Waals surface area contributed by atoms with Crippen LogP contribution in [0.15, 0.2) is 18.2 Å². The van der Waals surface area contributed by atoms with E-state index in [1.54, 1.807) is 0 Å².